The molecule has 0 saturated heterocycles. The Kier molecular flexibility index (Phi) is 6.97. The van der Waals surface area contributed by atoms with Crippen LogP contribution in [0.5, 0.6) is 0 Å². The Morgan fingerprint density at radius 2 is 1.77 bits per heavy atom. The number of aryl methyl sites for hydroxylation is 1. The Morgan fingerprint density at radius 3 is 2.51 bits per heavy atom. The monoisotopic (exact) mass is 548 g/mol. The van der Waals surface area contributed by atoms with E-state index in [2.05, 4.69) is 37.3 Å². The van der Waals surface area contributed by atoms with E-state index in [1.165, 1.54) is 12.1 Å². The molecule has 1 aromatic heterocycles. The largest absolute Gasteiger partial charge is 0.455 e. The third-order valence-corrected chi connectivity index (χ3v) is 6.14. The van der Waals surface area contributed by atoms with Gasteiger partial charge in [-0.15, -0.1) is 0 Å². The number of benzene rings is 2. The number of hydrazone groups is 1. The second-order valence-electron chi connectivity index (χ2n) is 7.84. The van der Waals surface area contributed by atoms with E-state index in [9.17, 15) is 22.8 Å². The fourth-order valence-corrected chi connectivity index (χ4v) is 4.24. The van der Waals surface area contributed by atoms with E-state index in [0.717, 1.165) is 12.1 Å². The van der Waals surface area contributed by atoms with Gasteiger partial charge in [0.15, 0.2) is 5.76 Å². The van der Waals surface area contributed by atoms with Gasteiger partial charge in [-0.1, -0.05) is 18.2 Å². The van der Waals surface area contributed by atoms with E-state index in [1.807, 2.05) is 0 Å². The van der Waals surface area contributed by atoms with Crippen LogP contribution in [0, 0.1) is 6.92 Å². The number of hydrogen-bond acceptors (Lipinski definition) is 5. The number of anilines is 1. The van der Waals surface area contributed by atoms with Gasteiger partial charge in [0.1, 0.15) is 5.76 Å². The smallest absolute Gasteiger partial charge is 0.416 e. The number of amides is 2. The van der Waals surface area contributed by atoms with Gasteiger partial charge in [-0.25, -0.2) is 0 Å². The maximum absolute atomic E-state index is 13.0. The van der Waals surface area contributed by atoms with Crippen LogP contribution in [0.4, 0.5) is 18.9 Å². The fraction of sp³-hybridized carbons (Fsp3) is 0.208. The number of fused-ring (bicyclic) bond motifs is 1. The van der Waals surface area contributed by atoms with Crippen LogP contribution in [0.3, 0.4) is 0 Å². The number of halogens is 4. The van der Waals surface area contributed by atoms with Crippen molar-refractivity contribution in [3.05, 3.63) is 86.8 Å². The molecule has 0 saturated carbocycles. The molecule has 0 atom stereocenters. The maximum atomic E-state index is 13.0. The maximum Gasteiger partial charge on any atom is 0.416 e. The normalized spacial score (nSPS) is 14.4. The zero-order chi connectivity index (χ0) is 25.2. The summed E-state index contributed by atoms with van der Waals surface area (Å²) in [7, 11) is 0. The molecule has 0 spiro atoms. The van der Waals surface area contributed by atoms with Crippen molar-refractivity contribution in [1.29, 1.82) is 0 Å². The van der Waals surface area contributed by atoms with Crippen LogP contribution in [0.25, 0.3) is 0 Å². The summed E-state index contributed by atoms with van der Waals surface area (Å²) >= 11 is 3.28. The Hall–Kier alpha value is -3.60. The summed E-state index contributed by atoms with van der Waals surface area (Å²) < 4.78 is 45.3. The molecular weight excluding hydrogens is 529 g/mol. The second-order valence-corrected chi connectivity index (χ2v) is 8.70. The van der Waals surface area contributed by atoms with Crippen molar-refractivity contribution in [3.8, 4) is 0 Å². The average Bonchev–Trinajstić information content (AvgIpc) is 3.18. The first-order valence-electron chi connectivity index (χ1n) is 10.6. The summed E-state index contributed by atoms with van der Waals surface area (Å²) in [5, 5.41) is 4.31. The molecule has 0 radical (unpaired) electrons. The molecule has 2 amide bonds. The van der Waals surface area contributed by atoms with Gasteiger partial charge < -0.3 is 4.42 Å². The lowest BCUT2D eigenvalue weighted by atomic mass is 9.93. The molecule has 7 nitrogen and oxygen atoms in total. The minimum atomic E-state index is -4.46. The van der Waals surface area contributed by atoms with Crippen molar-refractivity contribution in [2.45, 2.75) is 32.4 Å². The predicted molar refractivity (Wildman–Crippen MR) is 127 cm³/mol. The Balaban J connectivity index is 1.51. The average molecular weight is 549 g/mol. The topological polar surface area (TPSA) is 95.7 Å². The molecule has 0 unspecified atom stereocenters. The number of carbonyl (C=O) groups excluding carboxylic acids is 2. The summed E-state index contributed by atoms with van der Waals surface area (Å²) in [6.07, 6.45) is -2.63. The van der Waals surface area contributed by atoms with E-state index in [-0.39, 0.29) is 11.4 Å². The van der Waals surface area contributed by atoms with Crippen molar-refractivity contribution in [2.75, 3.05) is 5.43 Å². The number of alkyl halides is 3. The van der Waals surface area contributed by atoms with Crippen LogP contribution >= 0.6 is 15.9 Å². The molecule has 182 valence electrons. The SMILES string of the molecule is Cc1c(C(=O)NNC(=O)c2ccccc2Br)oc2c1/C(=N/Nc1cccc(C(F)(F)F)c1)CCC2. The number of hydrogen-bond donors (Lipinski definition) is 3. The molecule has 0 bridgehead atoms. The van der Waals surface area contributed by atoms with Crippen LogP contribution in [0.2, 0.25) is 0 Å². The molecule has 3 N–H and O–H groups in total. The van der Waals surface area contributed by atoms with Gasteiger partial charge in [0.05, 0.1) is 22.5 Å². The number of furan rings is 1. The first-order valence-corrected chi connectivity index (χ1v) is 11.4. The highest BCUT2D eigenvalue weighted by molar-refractivity contribution is 9.10. The fourth-order valence-electron chi connectivity index (χ4n) is 3.78. The minimum Gasteiger partial charge on any atom is -0.455 e. The van der Waals surface area contributed by atoms with E-state index in [4.69, 9.17) is 4.42 Å². The van der Waals surface area contributed by atoms with Gasteiger partial charge in [0, 0.05) is 22.0 Å². The number of carbonyl (C=O) groups is 2. The highest BCUT2D eigenvalue weighted by Gasteiger charge is 2.31. The molecule has 1 heterocycles. The lowest BCUT2D eigenvalue weighted by molar-refractivity contribution is -0.137. The summed E-state index contributed by atoms with van der Waals surface area (Å²) in [5.74, 6) is -0.563. The number of nitrogens with zero attached hydrogens (tertiary/aromatic N) is 1. The Morgan fingerprint density at radius 1 is 1.03 bits per heavy atom. The standard InChI is InChI=1S/C24H20BrF3N4O3/c1-13-20-18(30-29-15-7-4-6-14(12-15)24(26,27)28)10-5-11-19(20)35-21(13)23(34)32-31-22(33)16-8-2-3-9-17(16)25/h2-4,6-9,12,29H,5,10-11H2,1H3,(H,31,33)(H,32,34)/b30-18+. The molecule has 1 aliphatic carbocycles. The summed E-state index contributed by atoms with van der Waals surface area (Å²) in [5.41, 5.74) is 8.88. The zero-order valence-corrected chi connectivity index (χ0v) is 20.0. The number of rotatable bonds is 4. The lowest BCUT2D eigenvalue weighted by Crippen LogP contribution is -2.41. The van der Waals surface area contributed by atoms with Crippen molar-refractivity contribution >= 4 is 39.1 Å². The zero-order valence-electron chi connectivity index (χ0n) is 18.4. The second kappa shape index (κ2) is 9.95. The highest BCUT2D eigenvalue weighted by atomic mass is 79.9. The minimum absolute atomic E-state index is 0.0242. The van der Waals surface area contributed by atoms with Crippen LogP contribution < -0.4 is 16.3 Å². The van der Waals surface area contributed by atoms with E-state index >= 15 is 0 Å². The number of hydrazine groups is 1. The van der Waals surface area contributed by atoms with Gasteiger partial charge in [-0.05, 0) is 66.0 Å². The molecule has 0 aliphatic heterocycles. The van der Waals surface area contributed by atoms with Crippen molar-refractivity contribution in [1.82, 2.24) is 10.9 Å². The Bertz CT molecular complexity index is 1320. The van der Waals surface area contributed by atoms with Crippen molar-refractivity contribution < 1.29 is 27.2 Å². The molecule has 35 heavy (non-hydrogen) atoms. The molecule has 3 aromatic rings. The van der Waals surface area contributed by atoms with Crippen molar-refractivity contribution in [3.63, 3.8) is 0 Å². The summed E-state index contributed by atoms with van der Waals surface area (Å²) in [6.45, 7) is 1.69. The summed E-state index contributed by atoms with van der Waals surface area (Å²) in [4.78, 5) is 25.1. The van der Waals surface area contributed by atoms with Crippen LogP contribution in [-0.4, -0.2) is 17.5 Å². The van der Waals surface area contributed by atoms with Crippen LogP contribution in [-0.2, 0) is 12.6 Å². The van der Waals surface area contributed by atoms with Gasteiger partial charge in [-0.3, -0.25) is 25.9 Å². The summed E-state index contributed by atoms with van der Waals surface area (Å²) in [6, 6.07) is 11.5. The molecular formula is C24H20BrF3N4O3. The van der Waals surface area contributed by atoms with Gasteiger partial charge in [0.2, 0.25) is 0 Å². The van der Waals surface area contributed by atoms with E-state index < -0.39 is 23.6 Å². The van der Waals surface area contributed by atoms with Crippen LogP contribution in [0.15, 0.2) is 62.5 Å². The first-order chi connectivity index (χ1) is 16.6. The van der Waals surface area contributed by atoms with E-state index in [1.54, 1.807) is 31.2 Å². The number of nitrogens with one attached hydrogen (secondary N) is 3. The highest BCUT2D eigenvalue weighted by Crippen LogP contribution is 2.32. The van der Waals surface area contributed by atoms with Gasteiger partial charge >= 0.3 is 12.1 Å². The van der Waals surface area contributed by atoms with Gasteiger partial charge in [-0.2, -0.15) is 18.3 Å². The van der Waals surface area contributed by atoms with Crippen LogP contribution in [0.1, 0.15) is 56.2 Å². The van der Waals surface area contributed by atoms with Gasteiger partial charge in [0.25, 0.3) is 5.91 Å². The lowest BCUT2D eigenvalue weighted by Gasteiger charge is -2.14. The molecule has 4 rings (SSSR count). The molecule has 2 aromatic carbocycles. The third-order valence-electron chi connectivity index (χ3n) is 5.45. The first kappa shape index (κ1) is 24.5. The third kappa shape index (κ3) is 5.40. The quantitative estimate of drug-likeness (QED) is 0.370. The predicted octanol–water partition coefficient (Wildman–Crippen LogP) is 5.60. The molecule has 1 aliphatic rings. The molecule has 0 fully saturated rings. The van der Waals surface area contributed by atoms with E-state index in [0.29, 0.717) is 51.9 Å². The Labute approximate surface area is 206 Å². The van der Waals surface area contributed by atoms with Crippen molar-refractivity contribution in [2.24, 2.45) is 5.10 Å². The molecule has 11 heteroatoms.